The van der Waals surface area contributed by atoms with Crippen LogP contribution in [0.3, 0.4) is 0 Å². The minimum atomic E-state index is -0.120. The number of amides is 1. The Labute approximate surface area is 122 Å². The van der Waals surface area contributed by atoms with Crippen LogP contribution in [0.15, 0.2) is 29.6 Å². The lowest BCUT2D eigenvalue weighted by atomic mass is 10.2. The van der Waals surface area contributed by atoms with Crippen molar-refractivity contribution in [3.8, 4) is 11.8 Å². The quantitative estimate of drug-likeness (QED) is 0.843. The number of thiophene rings is 1. The van der Waals surface area contributed by atoms with E-state index in [0.29, 0.717) is 18.7 Å². The van der Waals surface area contributed by atoms with Crippen LogP contribution in [0, 0.1) is 18.8 Å². The van der Waals surface area contributed by atoms with Gasteiger partial charge in [0.25, 0.3) is 5.91 Å². The van der Waals surface area contributed by atoms with Crippen LogP contribution in [-0.2, 0) is 6.54 Å². The summed E-state index contributed by atoms with van der Waals surface area (Å²) >= 11 is 1.44. The summed E-state index contributed by atoms with van der Waals surface area (Å²) < 4.78 is 0. The largest absolute Gasteiger partial charge is 0.346 e. The third-order valence-electron chi connectivity index (χ3n) is 2.55. The number of nitrogens with one attached hydrogen (secondary N) is 1. The van der Waals surface area contributed by atoms with Crippen LogP contribution >= 0.6 is 11.3 Å². The van der Waals surface area contributed by atoms with Gasteiger partial charge >= 0.3 is 0 Å². The van der Waals surface area contributed by atoms with Crippen molar-refractivity contribution in [3.63, 3.8) is 0 Å². The van der Waals surface area contributed by atoms with Crippen molar-refractivity contribution in [1.29, 1.82) is 0 Å². The summed E-state index contributed by atoms with van der Waals surface area (Å²) in [6, 6.07) is 7.51. The molecule has 0 atom stereocenters. The summed E-state index contributed by atoms with van der Waals surface area (Å²) in [6.07, 6.45) is 0. The van der Waals surface area contributed by atoms with Crippen LogP contribution < -0.4 is 11.1 Å². The number of rotatable bonds is 3. The van der Waals surface area contributed by atoms with Crippen molar-refractivity contribution in [2.75, 3.05) is 6.54 Å². The zero-order valence-corrected chi connectivity index (χ0v) is 12.0. The molecule has 102 valence electrons. The van der Waals surface area contributed by atoms with Gasteiger partial charge in [0.1, 0.15) is 0 Å². The van der Waals surface area contributed by atoms with E-state index in [1.54, 1.807) is 11.4 Å². The molecule has 3 N–H and O–H groups in total. The summed E-state index contributed by atoms with van der Waals surface area (Å²) in [5, 5.41) is 4.64. The fourth-order valence-electron chi connectivity index (χ4n) is 1.63. The number of carbonyl (C=O) groups excluding carboxylic acids is 1. The fraction of sp³-hybridized carbons (Fsp3) is 0.200. The minimum absolute atomic E-state index is 0.120. The molecule has 0 aliphatic rings. The van der Waals surface area contributed by atoms with Gasteiger partial charge in [-0.25, -0.2) is 0 Å². The molecular formula is C15H15N3OS. The second-order valence-electron chi connectivity index (χ2n) is 4.16. The monoisotopic (exact) mass is 285 g/mol. The van der Waals surface area contributed by atoms with Gasteiger partial charge in [0.05, 0.1) is 29.2 Å². The Morgan fingerprint density at radius 2 is 2.35 bits per heavy atom. The molecule has 5 heteroatoms. The highest BCUT2D eigenvalue weighted by Crippen LogP contribution is 2.13. The molecule has 0 saturated carbocycles. The Kier molecular flexibility index (Phi) is 4.88. The van der Waals surface area contributed by atoms with Gasteiger partial charge in [-0.1, -0.05) is 17.9 Å². The zero-order chi connectivity index (χ0) is 14.4. The normalized spacial score (nSPS) is 9.70. The van der Waals surface area contributed by atoms with E-state index in [4.69, 9.17) is 5.73 Å². The Bertz CT molecular complexity index is 667. The molecule has 4 nitrogen and oxygen atoms in total. The maximum absolute atomic E-state index is 12.0. The van der Waals surface area contributed by atoms with Crippen LogP contribution in [0.1, 0.15) is 26.6 Å². The molecule has 2 heterocycles. The number of carbonyl (C=O) groups is 1. The van der Waals surface area contributed by atoms with Crippen molar-refractivity contribution in [2.45, 2.75) is 13.5 Å². The predicted molar refractivity (Wildman–Crippen MR) is 80.4 cm³/mol. The molecule has 2 rings (SSSR count). The van der Waals surface area contributed by atoms with E-state index in [1.807, 2.05) is 25.1 Å². The molecule has 0 spiro atoms. The first-order chi connectivity index (χ1) is 9.69. The van der Waals surface area contributed by atoms with E-state index >= 15 is 0 Å². The molecule has 0 aliphatic carbocycles. The second-order valence-corrected chi connectivity index (χ2v) is 5.07. The van der Waals surface area contributed by atoms with Gasteiger partial charge in [-0.15, -0.1) is 11.3 Å². The average Bonchev–Trinajstić information content (AvgIpc) is 2.91. The molecule has 0 unspecified atom stereocenters. The van der Waals surface area contributed by atoms with E-state index in [1.165, 1.54) is 11.3 Å². The molecule has 2 aromatic heterocycles. The lowest BCUT2D eigenvalue weighted by molar-refractivity contribution is 0.0951. The van der Waals surface area contributed by atoms with E-state index in [2.05, 4.69) is 22.1 Å². The highest BCUT2D eigenvalue weighted by molar-refractivity contribution is 7.10. The number of nitrogens with two attached hydrogens (primary N) is 1. The predicted octanol–water partition coefficient (Wildman–Crippen LogP) is 1.69. The fourth-order valence-corrected chi connectivity index (χ4v) is 2.38. The number of pyridine rings is 1. The number of aryl methyl sites for hydroxylation is 1. The first kappa shape index (κ1) is 14.3. The maximum atomic E-state index is 12.0. The van der Waals surface area contributed by atoms with Gasteiger partial charge in [0.2, 0.25) is 0 Å². The SMILES string of the molecule is Cc1cccc(CNC(=O)c2csc(C#CCN)c2)n1. The van der Waals surface area contributed by atoms with E-state index < -0.39 is 0 Å². The summed E-state index contributed by atoms with van der Waals surface area (Å²) in [5.41, 5.74) is 7.71. The van der Waals surface area contributed by atoms with Crippen molar-refractivity contribution in [1.82, 2.24) is 10.3 Å². The molecule has 0 aromatic carbocycles. The minimum Gasteiger partial charge on any atom is -0.346 e. The smallest absolute Gasteiger partial charge is 0.252 e. The number of aromatic nitrogens is 1. The van der Waals surface area contributed by atoms with Crippen molar-refractivity contribution in [2.24, 2.45) is 5.73 Å². The first-order valence-corrected chi connectivity index (χ1v) is 7.05. The lowest BCUT2D eigenvalue weighted by Gasteiger charge is -2.03. The third-order valence-corrected chi connectivity index (χ3v) is 3.40. The lowest BCUT2D eigenvalue weighted by Crippen LogP contribution is -2.22. The summed E-state index contributed by atoms with van der Waals surface area (Å²) in [7, 11) is 0. The number of hydrogen-bond acceptors (Lipinski definition) is 4. The molecule has 0 bridgehead atoms. The molecule has 20 heavy (non-hydrogen) atoms. The van der Waals surface area contributed by atoms with E-state index in [0.717, 1.165) is 16.3 Å². The average molecular weight is 285 g/mol. The zero-order valence-electron chi connectivity index (χ0n) is 11.1. The highest BCUT2D eigenvalue weighted by atomic mass is 32.1. The van der Waals surface area contributed by atoms with Crippen LogP contribution in [-0.4, -0.2) is 17.4 Å². The molecule has 0 saturated heterocycles. The van der Waals surface area contributed by atoms with Crippen LogP contribution in [0.25, 0.3) is 0 Å². The Hall–Kier alpha value is -2.16. The second kappa shape index (κ2) is 6.85. The summed E-state index contributed by atoms with van der Waals surface area (Å²) in [6.45, 7) is 2.66. The Balaban J connectivity index is 1.96. The van der Waals surface area contributed by atoms with Gasteiger partial charge in [-0.2, -0.15) is 0 Å². The topological polar surface area (TPSA) is 68.0 Å². The van der Waals surface area contributed by atoms with Gasteiger partial charge in [-0.3, -0.25) is 9.78 Å². The number of nitrogens with zero attached hydrogens (tertiary/aromatic N) is 1. The van der Waals surface area contributed by atoms with Gasteiger partial charge in [0, 0.05) is 11.1 Å². The number of hydrogen-bond donors (Lipinski definition) is 2. The molecule has 0 aliphatic heterocycles. The van der Waals surface area contributed by atoms with Gasteiger partial charge in [-0.05, 0) is 25.1 Å². The van der Waals surface area contributed by atoms with E-state index in [-0.39, 0.29) is 5.91 Å². The van der Waals surface area contributed by atoms with Gasteiger partial charge in [0.15, 0.2) is 0 Å². The van der Waals surface area contributed by atoms with Crippen LogP contribution in [0.5, 0.6) is 0 Å². The Morgan fingerprint density at radius 3 is 3.10 bits per heavy atom. The van der Waals surface area contributed by atoms with Crippen LogP contribution in [0.2, 0.25) is 0 Å². The van der Waals surface area contributed by atoms with E-state index in [9.17, 15) is 4.79 Å². The van der Waals surface area contributed by atoms with Crippen molar-refractivity contribution in [3.05, 3.63) is 51.5 Å². The molecule has 0 radical (unpaired) electrons. The molecule has 1 amide bonds. The highest BCUT2D eigenvalue weighted by Gasteiger charge is 2.08. The summed E-state index contributed by atoms with van der Waals surface area (Å²) in [4.78, 5) is 17.2. The standard InChI is InChI=1S/C15H15N3OS/c1-11-4-2-5-13(18-11)9-17-15(19)12-8-14(20-10-12)6-3-7-16/h2,4-5,8,10H,7,9,16H2,1H3,(H,17,19). The van der Waals surface area contributed by atoms with Gasteiger partial charge < -0.3 is 11.1 Å². The van der Waals surface area contributed by atoms with Crippen molar-refractivity contribution >= 4 is 17.2 Å². The summed E-state index contributed by atoms with van der Waals surface area (Å²) in [5.74, 6) is 5.56. The third kappa shape index (κ3) is 3.92. The van der Waals surface area contributed by atoms with Crippen molar-refractivity contribution < 1.29 is 4.79 Å². The van der Waals surface area contributed by atoms with Crippen LogP contribution in [0.4, 0.5) is 0 Å². The Morgan fingerprint density at radius 1 is 1.50 bits per heavy atom. The first-order valence-electron chi connectivity index (χ1n) is 6.17. The molecule has 2 aromatic rings. The molecule has 0 fully saturated rings. The maximum Gasteiger partial charge on any atom is 0.252 e. The molecular weight excluding hydrogens is 270 g/mol.